The zero-order chi connectivity index (χ0) is 18.3. The first-order valence-electron chi connectivity index (χ1n) is 7.62. The topological polar surface area (TPSA) is 83.8 Å². The van der Waals surface area contributed by atoms with Crippen molar-refractivity contribution in [1.29, 1.82) is 0 Å². The van der Waals surface area contributed by atoms with Crippen molar-refractivity contribution in [2.45, 2.75) is 27.7 Å². The molecule has 0 spiro atoms. The van der Waals surface area contributed by atoms with Crippen LogP contribution < -0.4 is 0 Å². The van der Waals surface area contributed by atoms with Crippen LogP contribution >= 0.6 is 0 Å². The zero-order valence-corrected chi connectivity index (χ0v) is 15.0. The number of esters is 2. The number of allylic oxidation sites excluding steroid dienone is 2. The maximum Gasteiger partial charge on any atom is 0.332 e. The molecule has 0 bridgehead atoms. The summed E-state index contributed by atoms with van der Waals surface area (Å²) in [5.41, 5.74) is 1.07. The van der Waals surface area contributed by atoms with Crippen LogP contribution in [0.5, 0.6) is 0 Å². The van der Waals surface area contributed by atoms with Gasteiger partial charge in [-0.15, -0.1) is 0 Å². The number of rotatable bonds is 6. The van der Waals surface area contributed by atoms with E-state index in [1.807, 2.05) is 23.6 Å². The van der Waals surface area contributed by atoms with Crippen molar-refractivity contribution in [1.82, 2.24) is 9.80 Å². The van der Waals surface area contributed by atoms with Gasteiger partial charge in [0.2, 0.25) is 11.9 Å². The number of guanidine groups is 2. The van der Waals surface area contributed by atoms with E-state index in [0.29, 0.717) is 36.4 Å². The third kappa shape index (κ3) is 4.68. The summed E-state index contributed by atoms with van der Waals surface area (Å²) in [6.07, 6.45) is 2.65. The number of hydrogen-bond acceptors (Lipinski definition) is 6. The quantitative estimate of drug-likeness (QED) is 0.540. The molecule has 1 saturated heterocycles. The number of methoxy groups -OCH3 is 2. The monoisotopic (exact) mass is 336 g/mol. The van der Waals surface area contributed by atoms with Crippen LogP contribution in [0.25, 0.3) is 0 Å². The van der Waals surface area contributed by atoms with E-state index in [9.17, 15) is 9.59 Å². The SMILES string of the molecule is CCN1C(=N/C(C)=C/C(=O)OC)N(CC)C1=N/C(C)=C/C(=O)OC. The van der Waals surface area contributed by atoms with Crippen LogP contribution in [0.4, 0.5) is 0 Å². The van der Waals surface area contributed by atoms with Gasteiger partial charge >= 0.3 is 11.9 Å². The van der Waals surface area contributed by atoms with E-state index in [-0.39, 0.29) is 0 Å². The molecule has 1 heterocycles. The number of aliphatic imine (C=N–C) groups is 2. The van der Waals surface area contributed by atoms with E-state index in [1.165, 1.54) is 26.4 Å². The van der Waals surface area contributed by atoms with Crippen LogP contribution in [0.1, 0.15) is 27.7 Å². The van der Waals surface area contributed by atoms with E-state index < -0.39 is 11.9 Å². The molecule has 0 aromatic rings. The minimum Gasteiger partial charge on any atom is -0.466 e. The Morgan fingerprint density at radius 2 is 1.21 bits per heavy atom. The van der Waals surface area contributed by atoms with Gasteiger partial charge in [-0.05, 0) is 27.7 Å². The van der Waals surface area contributed by atoms with Crippen molar-refractivity contribution in [3.8, 4) is 0 Å². The summed E-state index contributed by atoms with van der Waals surface area (Å²) in [5, 5.41) is 0. The molecule has 8 nitrogen and oxygen atoms in total. The third-order valence-electron chi connectivity index (χ3n) is 3.21. The Labute approximate surface area is 142 Å². The highest BCUT2D eigenvalue weighted by Gasteiger charge is 2.37. The standard InChI is InChI=1S/C16H24N4O4/c1-7-19-15(17-11(3)9-13(21)23-5)20(8-2)16(19)18-12(4)10-14(22)24-6/h9-10H,7-8H2,1-6H3/b11-9+,12-10+,17-15?,18-16?. The van der Waals surface area contributed by atoms with Crippen molar-refractivity contribution < 1.29 is 19.1 Å². The maximum atomic E-state index is 11.3. The van der Waals surface area contributed by atoms with Crippen molar-refractivity contribution >= 4 is 23.9 Å². The fourth-order valence-electron chi connectivity index (χ4n) is 2.07. The lowest BCUT2D eigenvalue weighted by molar-refractivity contribution is -0.135. The molecule has 0 N–H and O–H groups in total. The van der Waals surface area contributed by atoms with Crippen LogP contribution in [0.2, 0.25) is 0 Å². The Morgan fingerprint density at radius 1 is 0.875 bits per heavy atom. The van der Waals surface area contributed by atoms with Gasteiger partial charge in [0, 0.05) is 36.6 Å². The maximum absolute atomic E-state index is 11.3. The van der Waals surface area contributed by atoms with Gasteiger partial charge in [0.05, 0.1) is 14.2 Å². The second kappa shape index (κ2) is 8.85. The van der Waals surface area contributed by atoms with Crippen LogP contribution in [-0.2, 0) is 19.1 Å². The molecule has 0 saturated carbocycles. The van der Waals surface area contributed by atoms with Gasteiger partial charge in [-0.3, -0.25) is 9.80 Å². The van der Waals surface area contributed by atoms with E-state index in [1.54, 1.807) is 13.8 Å². The number of hydrogen-bond donors (Lipinski definition) is 0. The number of carbonyl (C=O) groups excluding carboxylic acids is 2. The van der Waals surface area contributed by atoms with E-state index >= 15 is 0 Å². The summed E-state index contributed by atoms with van der Waals surface area (Å²) >= 11 is 0. The fraction of sp³-hybridized carbons (Fsp3) is 0.500. The molecule has 0 radical (unpaired) electrons. The Bertz CT molecular complexity index is 554. The Morgan fingerprint density at radius 3 is 1.46 bits per heavy atom. The summed E-state index contributed by atoms with van der Waals surface area (Å²) in [6.45, 7) is 8.70. The van der Waals surface area contributed by atoms with Gasteiger partial charge in [-0.2, -0.15) is 0 Å². The Kier molecular flexibility index (Phi) is 7.16. The molecule has 0 unspecified atom stereocenters. The van der Waals surface area contributed by atoms with Crippen LogP contribution in [0, 0.1) is 0 Å². The van der Waals surface area contributed by atoms with Gasteiger partial charge in [-0.1, -0.05) is 0 Å². The zero-order valence-electron chi connectivity index (χ0n) is 15.0. The number of ether oxygens (including phenoxy) is 2. The van der Waals surface area contributed by atoms with Crippen LogP contribution in [0.15, 0.2) is 33.5 Å². The highest BCUT2D eigenvalue weighted by atomic mass is 16.5. The van der Waals surface area contributed by atoms with Crippen molar-refractivity contribution in [3.63, 3.8) is 0 Å². The average molecular weight is 336 g/mol. The van der Waals surface area contributed by atoms with Crippen LogP contribution in [-0.4, -0.2) is 61.0 Å². The average Bonchev–Trinajstić information content (AvgIpc) is 2.54. The molecule has 1 aliphatic heterocycles. The molecule has 132 valence electrons. The largest absolute Gasteiger partial charge is 0.466 e. The van der Waals surface area contributed by atoms with Crippen molar-refractivity contribution in [3.05, 3.63) is 23.5 Å². The number of nitrogens with zero attached hydrogens (tertiary/aromatic N) is 4. The predicted molar refractivity (Wildman–Crippen MR) is 91.2 cm³/mol. The molecule has 1 aliphatic rings. The lowest BCUT2D eigenvalue weighted by atomic mass is 10.3. The Balaban J connectivity index is 3.09. The molecule has 8 heteroatoms. The molecular weight excluding hydrogens is 312 g/mol. The molecule has 24 heavy (non-hydrogen) atoms. The van der Waals surface area contributed by atoms with Gasteiger partial charge in [0.15, 0.2) is 0 Å². The van der Waals surface area contributed by atoms with E-state index in [2.05, 4.69) is 19.5 Å². The van der Waals surface area contributed by atoms with E-state index in [4.69, 9.17) is 0 Å². The molecule has 1 fully saturated rings. The van der Waals surface area contributed by atoms with Gasteiger partial charge in [0.25, 0.3) is 0 Å². The highest BCUT2D eigenvalue weighted by Crippen LogP contribution is 2.19. The summed E-state index contributed by atoms with van der Waals surface area (Å²) < 4.78 is 9.19. The summed E-state index contributed by atoms with van der Waals surface area (Å²) in [7, 11) is 2.64. The molecular formula is C16H24N4O4. The normalized spacial score (nSPS) is 15.1. The summed E-state index contributed by atoms with van der Waals surface area (Å²) in [4.78, 5) is 35.2. The highest BCUT2D eigenvalue weighted by molar-refractivity contribution is 6.16. The van der Waals surface area contributed by atoms with E-state index in [0.717, 1.165) is 0 Å². The van der Waals surface area contributed by atoms with Crippen molar-refractivity contribution in [2.24, 2.45) is 9.98 Å². The Hall–Kier alpha value is -2.64. The van der Waals surface area contributed by atoms with Gasteiger partial charge < -0.3 is 9.47 Å². The van der Waals surface area contributed by atoms with Gasteiger partial charge in [0.1, 0.15) is 0 Å². The lowest BCUT2D eigenvalue weighted by Crippen LogP contribution is -2.65. The minimum atomic E-state index is -0.451. The first-order valence-corrected chi connectivity index (χ1v) is 7.62. The molecule has 0 atom stereocenters. The summed E-state index contributed by atoms with van der Waals surface area (Å²) in [6, 6.07) is 0. The second-order valence-corrected chi connectivity index (χ2v) is 4.93. The molecule has 0 aromatic carbocycles. The molecule has 0 aliphatic carbocycles. The van der Waals surface area contributed by atoms with Crippen molar-refractivity contribution in [2.75, 3.05) is 27.3 Å². The minimum absolute atomic E-state index is 0.451. The smallest absolute Gasteiger partial charge is 0.332 e. The third-order valence-corrected chi connectivity index (χ3v) is 3.21. The fourth-order valence-corrected chi connectivity index (χ4v) is 2.07. The first-order chi connectivity index (χ1) is 11.4. The second-order valence-electron chi connectivity index (χ2n) is 4.93. The van der Waals surface area contributed by atoms with Crippen LogP contribution in [0.3, 0.4) is 0 Å². The predicted octanol–water partition coefficient (Wildman–Crippen LogP) is 1.51. The molecule has 0 aromatic heterocycles. The number of carbonyl (C=O) groups is 2. The molecule has 0 amide bonds. The lowest BCUT2D eigenvalue weighted by Gasteiger charge is -2.45. The van der Waals surface area contributed by atoms with Gasteiger partial charge in [-0.25, -0.2) is 19.6 Å². The summed E-state index contributed by atoms with van der Waals surface area (Å²) in [5.74, 6) is 0.491. The molecule has 1 rings (SSSR count). The first kappa shape index (κ1) is 19.4.